The van der Waals surface area contributed by atoms with Gasteiger partial charge in [0.15, 0.2) is 11.5 Å². The largest absolute Gasteiger partial charge is 0.507 e. The summed E-state index contributed by atoms with van der Waals surface area (Å²) in [5, 5.41) is 13.0. The maximum atomic E-state index is 12.6. The molecule has 150 valence electrons. The zero-order chi connectivity index (χ0) is 20.8. The van der Waals surface area contributed by atoms with Crippen molar-refractivity contribution in [3.8, 4) is 17.2 Å². The van der Waals surface area contributed by atoms with Crippen molar-refractivity contribution < 1.29 is 19.4 Å². The number of carbonyl (C=O) groups excluding carboxylic acids is 1. The molecule has 6 heteroatoms. The van der Waals surface area contributed by atoms with Crippen LogP contribution in [0.4, 0.5) is 0 Å². The van der Waals surface area contributed by atoms with Gasteiger partial charge in [-0.05, 0) is 60.9 Å². The first kappa shape index (κ1) is 20.2. The Balaban J connectivity index is 1.71. The summed E-state index contributed by atoms with van der Waals surface area (Å²) in [5.74, 6) is 0.851. The van der Waals surface area contributed by atoms with Gasteiger partial charge < -0.3 is 19.9 Å². The van der Waals surface area contributed by atoms with E-state index >= 15 is 0 Å². The van der Waals surface area contributed by atoms with Crippen LogP contribution in [0.25, 0.3) is 0 Å². The molecule has 0 fully saturated rings. The molecule has 3 rings (SSSR count). The van der Waals surface area contributed by atoms with E-state index in [4.69, 9.17) is 9.47 Å². The molecule has 6 nitrogen and oxygen atoms in total. The minimum atomic E-state index is -0.337. The standard InChI is InChI=1S/C23H24N2O4/c1-15-5-4-6-19(22(15)26)23(27)25-16(2)18-7-8-20(21(13-18)28-3)29-14-17-9-11-24-12-10-17/h4-13,16,26H,14H2,1-3H3,(H,25,27). The highest BCUT2D eigenvalue weighted by molar-refractivity contribution is 5.97. The third-order valence-electron chi connectivity index (χ3n) is 4.66. The summed E-state index contributed by atoms with van der Waals surface area (Å²) < 4.78 is 11.3. The monoisotopic (exact) mass is 392 g/mol. The SMILES string of the molecule is COc1cc(C(C)NC(=O)c2cccc(C)c2O)ccc1OCc1ccncc1. The summed E-state index contributed by atoms with van der Waals surface area (Å²) >= 11 is 0. The number of phenols is 1. The van der Waals surface area contributed by atoms with E-state index in [1.54, 1.807) is 44.6 Å². The Kier molecular flexibility index (Phi) is 6.34. The quantitative estimate of drug-likeness (QED) is 0.631. The van der Waals surface area contributed by atoms with Crippen LogP contribution in [0.3, 0.4) is 0 Å². The summed E-state index contributed by atoms with van der Waals surface area (Å²) in [5.41, 5.74) is 2.77. The van der Waals surface area contributed by atoms with Gasteiger partial charge in [0.05, 0.1) is 18.7 Å². The number of aryl methyl sites for hydroxylation is 1. The van der Waals surface area contributed by atoms with Crippen molar-refractivity contribution >= 4 is 5.91 Å². The molecule has 1 heterocycles. The van der Waals surface area contributed by atoms with E-state index in [9.17, 15) is 9.90 Å². The fourth-order valence-electron chi connectivity index (χ4n) is 2.91. The Bertz CT molecular complexity index is 989. The van der Waals surface area contributed by atoms with Crippen LogP contribution < -0.4 is 14.8 Å². The van der Waals surface area contributed by atoms with Gasteiger partial charge in [-0.15, -0.1) is 0 Å². The molecule has 1 unspecified atom stereocenters. The molecular formula is C23H24N2O4. The van der Waals surface area contributed by atoms with Crippen LogP contribution in [-0.4, -0.2) is 23.1 Å². The van der Waals surface area contributed by atoms with Crippen molar-refractivity contribution in [3.05, 3.63) is 83.2 Å². The lowest BCUT2D eigenvalue weighted by molar-refractivity contribution is 0.0937. The number of ether oxygens (including phenoxy) is 2. The van der Waals surface area contributed by atoms with E-state index in [0.29, 0.717) is 23.7 Å². The molecule has 0 aliphatic heterocycles. The maximum absolute atomic E-state index is 12.6. The van der Waals surface area contributed by atoms with Gasteiger partial charge in [0.2, 0.25) is 0 Å². The average molecular weight is 392 g/mol. The number of nitrogens with one attached hydrogen (secondary N) is 1. The lowest BCUT2D eigenvalue weighted by Crippen LogP contribution is -2.26. The smallest absolute Gasteiger partial charge is 0.255 e. The minimum absolute atomic E-state index is 0.00496. The fourth-order valence-corrected chi connectivity index (χ4v) is 2.91. The number of nitrogens with zero attached hydrogens (tertiary/aromatic N) is 1. The number of carbonyl (C=O) groups is 1. The maximum Gasteiger partial charge on any atom is 0.255 e. The number of aromatic nitrogens is 1. The van der Waals surface area contributed by atoms with Gasteiger partial charge in [-0.1, -0.05) is 18.2 Å². The number of pyridine rings is 1. The van der Waals surface area contributed by atoms with Crippen LogP contribution in [0.15, 0.2) is 60.9 Å². The summed E-state index contributed by atoms with van der Waals surface area (Å²) in [6.07, 6.45) is 3.44. The molecule has 1 amide bonds. The van der Waals surface area contributed by atoms with E-state index in [1.807, 2.05) is 37.3 Å². The summed E-state index contributed by atoms with van der Waals surface area (Å²) in [6, 6.07) is 14.1. The van der Waals surface area contributed by atoms with E-state index in [0.717, 1.165) is 11.1 Å². The second-order valence-electron chi connectivity index (χ2n) is 6.72. The number of aromatic hydroxyl groups is 1. The second-order valence-corrected chi connectivity index (χ2v) is 6.72. The highest BCUT2D eigenvalue weighted by Crippen LogP contribution is 2.31. The molecule has 0 bridgehead atoms. The van der Waals surface area contributed by atoms with Crippen molar-refractivity contribution in [1.82, 2.24) is 10.3 Å². The number of amides is 1. The first-order chi connectivity index (χ1) is 14.0. The Morgan fingerprint density at radius 2 is 1.90 bits per heavy atom. The molecule has 1 aromatic heterocycles. The molecule has 1 atom stereocenters. The zero-order valence-electron chi connectivity index (χ0n) is 16.7. The molecule has 0 aliphatic rings. The predicted octanol–water partition coefficient (Wildman–Crippen LogP) is 4.17. The first-order valence-corrected chi connectivity index (χ1v) is 9.28. The third-order valence-corrected chi connectivity index (χ3v) is 4.66. The number of hydrogen-bond donors (Lipinski definition) is 2. The van der Waals surface area contributed by atoms with Gasteiger partial charge in [-0.3, -0.25) is 9.78 Å². The highest BCUT2D eigenvalue weighted by atomic mass is 16.5. The Labute approximate surface area is 170 Å². The van der Waals surface area contributed by atoms with E-state index in [1.165, 1.54) is 0 Å². The second kappa shape index (κ2) is 9.10. The number of hydrogen-bond acceptors (Lipinski definition) is 5. The predicted molar refractivity (Wildman–Crippen MR) is 110 cm³/mol. The molecule has 0 saturated carbocycles. The number of rotatable bonds is 7. The average Bonchev–Trinajstić information content (AvgIpc) is 2.74. The molecule has 2 aromatic carbocycles. The molecule has 0 aliphatic carbocycles. The van der Waals surface area contributed by atoms with Crippen LogP contribution in [0, 0.1) is 6.92 Å². The van der Waals surface area contributed by atoms with Crippen LogP contribution in [-0.2, 0) is 6.61 Å². The van der Waals surface area contributed by atoms with Crippen molar-refractivity contribution in [2.75, 3.05) is 7.11 Å². The van der Waals surface area contributed by atoms with Crippen LogP contribution >= 0.6 is 0 Å². The Hall–Kier alpha value is -3.54. The highest BCUT2D eigenvalue weighted by Gasteiger charge is 2.17. The number of benzene rings is 2. The van der Waals surface area contributed by atoms with Crippen molar-refractivity contribution in [2.24, 2.45) is 0 Å². The minimum Gasteiger partial charge on any atom is -0.507 e. The van der Waals surface area contributed by atoms with Crippen molar-refractivity contribution in [1.29, 1.82) is 0 Å². The molecule has 0 radical (unpaired) electrons. The van der Waals surface area contributed by atoms with E-state index in [2.05, 4.69) is 10.3 Å². The Morgan fingerprint density at radius 3 is 2.62 bits per heavy atom. The van der Waals surface area contributed by atoms with E-state index < -0.39 is 0 Å². The molecule has 0 spiro atoms. The summed E-state index contributed by atoms with van der Waals surface area (Å²) in [4.78, 5) is 16.5. The number of para-hydroxylation sites is 1. The molecule has 2 N–H and O–H groups in total. The van der Waals surface area contributed by atoms with Crippen LogP contribution in [0.5, 0.6) is 17.2 Å². The first-order valence-electron chi connectivity index (χ1n) is 9.28. The number of methoxy groups -OCH3 is 1. The van der Waals surface area contributed by atoms with Crippen molar-refractivity contribution in [2.45, 2.75) is 26.5 Å². The van der Waals surface area contributed by atoms with Gasteiger partial charge in [0.25, 0.3) is 5.91 Å². The van der Waals surface area contributed by atoms with E-state index in [-0.39, 0.29) is 23.3 Å². The summed E-state index contributed by atoms with van der Waals surface area (Å²) in [6.45, 7) is 4.03. The van der Waals surface area contributed by atoms with Gasteiger partial charge in [-0.25, -0.2) is 0 Å². The Morgan fingerprint density at radius 1 is 1.14 bits per heavy atom. The third kappa shape index (κ3) is 4.85. The van der Waals surface area contributed by atoms with Gasteiger partial charge in [-0.2, -0.15) is 0 Å². The number of phenolic OH excluding ortho intramolecular Hbond substituents is 1. The lowest BCUT2D eigenvalue weighted by Gasteiger charge is -2.18. The molecular weight excluding hydrogens is 368 g/mol. The van der Waals surface area contributed by atoms with Gasteiger partial charge in [0.1, 0.15) is 12.4 Å². The fraction of sp³-hybridized carbons (Fsp3) is 0.217. The topological polar surface area (TPSA) is 80.7 Å². The summed E-state index contributed by atoms with van der Waals surface area (Å²) in [7, 11) is 1.58. The van der Waals surface area contributed by atoms with Crippen LogP contribution in [0.2, 0.25) is 0 Å². The van der Waals surface area contributed by atoms with Gasteiger partial charge in [0, 0.05) is 12.4 Å². The zero-order valence-corrected chi connectivity index (χ0v) is 16.7. The van der Waals surface area contributed by atoms with Gasteiger partial charge >= 0.3 is 0 Å². The molecule has 29 heavy (non-hydrogen) atoms. The lowest BCUT2D eigenvalue weighted by atomic mass is 10.1. The molecule has 3 aromatic rings. The van der Waals surface area contributed by atoms with Crippen molar-refractivity contribution in [3.63, 3.8) is 0 Å². The van der Waals surface area contributed by atoms with Crippen LogP contribution in [0.1, 0.15) is 40.0 Å². The molecule has 0 saturated heterocycles. The normalized spacial score (nSPS) is 11.6.